The third kappa shape index (κ3) is 3.68. The average Bonchev–Trinajstić information content (AvgIpc) is 2.30. The van der Waals surface area contributed by atoms with Crippen LogP contribution in [0.4, 0.5) is 0 Å². The van der Waals surface area contributed by atoms with Crippen LogP contribution in [0.15, 0.2) is 49.3 Å². The number of hydrogen-bond acceptors (Lipinski definition) is 2. The van der Waals surface area contributed by atoms with Crippen LogP contribution in [-0.2, 0) is 11.2 Å². The highest BCUT2D eigenvalue weighted by molar-refractivity contribution is 5.78. The summed E-state index contributed by atoms with van der Waals surface area (Å²) in [5, 5.41) is 7.60. The lowest BCUT2D eigenvalue weighted by molar-refractivity contribution is -0.131. The van der Waals surface area contributed by atoms with Crippen molar-refractivity contribution in [1.29, 1.82) is 0 Å². The second kappa shape index (κ2) is 5.65. The minimum Gasteiger partial charge on any atom is -0.478 e. The fourth-order valence-corrected chi connectivity index (χ4v) is 1.08. The Morgan fingerprint density at radius 1 is 1.47 bits per heavy atom. The van der Waals surface area contributed by atoms with Gasteiger partial charge in [0.2, 0.25) is 0 Å². The molecule has 3 nitrogen and oxygen atoms in total. The molecule has 0 saturated carbocycles. The standard InChI is InChI=1S/C9H8O.C3H4O2/c1-2-6-9-8(4-1)5-3-7-10-9;1-2-3(4)5/h1-4,6-7H,5H2;2H,1H2,(H,4,5). The predicted octanol–water partition coefficient (Wildman–Crippen LogP) is 2.39. The second-order valence-corrected chi connectivity index (χ2v) is 2.84. The molecule has 1 aromatic rings. The van der Waals surface area contributed by atoms with Crippen molar-refractivity contribution in [2.24, 2.45) is 0 Å². The fourth-order valence-electron chi connectivity index (χ4n) is 1.08. The van der Waals surface area contributed by atoms with E-state index in [1.165, 1.54) is 5.56 Å². The summed E-state index contributed by atoms with van der Waals surface area (Å²) in [6, 6.07) is 8.08. The Morgan fingerprint density at radius 2 is 2.13 bits per heavy atom. The molecule has 1 N–H and O–H groups in total. The van der Waals surface area contributed by atoms with Crippen molar-refractivity contribution in [3.05, 3.63) is 54.8 Å². The van der Waals surface area contributed by atoms with Gasteiger partial charge < -0.3 is 9.84 Å². The van der Waals surface area contributed by atoms with E-state index in [1.807, 2.05) is 24.3 Å². The van der Waals surface area contributed by atoms with E-state index in [9.17, 15) is 4.79 Å². The number of carboxylic acids is 1. The molecule has 15 heavy (non-hydrogen) atoms. The van der Waals surface area contributed by atoms with Gasteiger partial charge in [0.1, 0.15) is 5.75 Å². The first kappa shape index (κ1) is 11.0. The van der Waals surface area contributed by atoms with Crippen LogP contribution in [0.1, 0.15) is 5.56 Å². The van der Waals surface area contributed by atoms with Crippen molar-refractivity contribution < 1.29 is 14.6 Å². The van der Waals surface area contributed by atoms with Crippen LogP contribution in [0.5, 0.6) is 5.75 Å². The molecule has 0 spiro atoms. The van der Waals surface area contributed by atoms with Gasteiger partial charge >= 0.3 is 5.97 Å². The molecule has 1 aromatic carbocycles. The summed E-state index contributed by atoms with van der Waals surface area (Å²) in [6.07, 6.45) is 5.58. The van der Waals surface area contributed by atoms with Gasteiger partial charge in [-0.2, -0.15) is 0 Å². The number of carbonyl (C=O) groups is 1. The van der Waals surface area contributed by atoms with E-state index in [2.05, 4.69) is 12.6 Å². The first-order valence-corrected chi connectivity index (χ1v) is 4.49. The normalized spacial score (nSPS) is 11.5. The highest BCUT2D eigenvalue weighted by Crippen LogP contribution is 2.21. The molecule has 78 valence electrons. The van der Waals surface area contributed by atoms with Crippen LogP contribution >= 0.6 is 0 Å². The van der Waals surface area contributed by atoms with Gasteiger partial charge in [0, 0.05) is 6.08 Å². The lowest BCUT2D eigenvalue weighted by atomic mass is 10.1. The van der Waals surface area contributed by atoms with Gasteiger partial charge in [0.25, 0.3) is 0 Å². The molecule has 0 fully saturated rings. The Labute approximate surface area is 88.3 Å². The maximum atomic E-state index is 9.25. The summed E-state index contributed by atoms with van der Waals surface area (Å²) >= 11 is 0. The van der Waals surface area contributed by atoms with Crippen LogP contribution in [0.3, 0.4) is 0 Å². The van der Waals surface area contributed by atoms with E-state index >= 15 is 0 Å². The van der Waals surface area contributed by atoms with E-state index in [0.29, 0.717) is 0 Å². The zero-order chi connectivity index (χ0) is 11.1. The van der Waals surface area contributed by atoms with E-state index in [-0.39, 0.29) is 0 Å². The topological polar surface area (TPSA) is 46.5 Å². The molecule has 0 unspecified atom stereocenters. The molecule has 0 aliphatic carbocycles. The number of allylic oxidation sites excluding steroid dienone is 1. The minimum absolute atomic E-state index is 0.833. The van der Waals surface area contributed by atoms with E-state index in [4.69, 9.17) is 9.84 Å². The summed E-state index contributed by atoms with van der Waals surface area (Å²) in [5.41, 5.74) is 1.27. The molecule has 0 saturated heterocycles. The van der Waals surface area contributed by atoms with Crippen molar-refractivity contribution in [1.82, 2.24) is 0 Å². The summed E-state index contributed by atoms with van der Waals surface area (Å²) in [7, 11) is 0. The lowest BCUT2D eigenvalue weighted by Gasteiger charge is -2.09. The number of fused-ring (bicyclic) bond motifs is 1. The maximum Gasteiger partial charge on any atom is 0.327 e. The lowest BCUT2D eigenvalue weighted by Crippen LogP contribution is -1.94. The Bertz CT molecular complexity index is 353. The Hall–Kier alpha value is -2.03. The quantitative estimate of drug-likeness (QED) is 0.714. The SMILES string of the molecule is C1=COc2ccccc2C1.C=CC(=O)O. The molecule has 0 amide bonds. The number of ether oxygens (including phenoxy) is 1. The van der Waals surface area contributed by atoms with Gasteiger partial charge in [-0.1, -0.05) is 24.8 Å². The molecule has 3 heteroatoms. The van der Waals surface area contributed by atoms with Crippen molar-refractivity contribution in [2.45, 2.75) is 6.42 Å². The molecular weight excluding hydrogens is 192 g/mol. The minimum atomic E-state index is -0.981. The number of benzene rings is 1. The molecule has 1 aliphatic rings. The zero-order valence-corrected chi connectivity index (χ0v) is 8.22. The highest BCUT2D eigenvalue weighted by atomic mass is 16.5. The van der Waals surface area contributed by atoms with E-state index in [0.717, 1.165) is 18.2 Å². The van der Waals surface area contributed by atoms with E-state index in [1.54, 1.807) is 6.26 Å². The zero-order valence-electron chi connectivity index (χ0n) is 8.22. The van der Waals surface area contributed by atoms with Gasteiger partial charge in [-0.15, -0.1) is 0 Å². The van der Waals surface area contributed by atoms with Crippen LogP contribution in [0, 0.1) is 0 Å². The van der Waals surface area contributed by atoms with Gasteiger partial charge in [0.05, 0.1) is 6.26 Å². The van der Waals surface area contributed by atoms with Crippen molar-refractivity contribution >= 4 is 5.97 Å². The number of carboxylic acid groups (broad SMARTS) is 1. The Kier molecular flexibility index (Phi) is 4.16. The smallest absolute Gasteiger partial charge is 0.327 e. The highest BCUT2D eigenvalue weighted by Gasteiger charge is 2.02. The molecule has 0 bridgehead atoms. The van der Waals surface area contributed by atoms with Gasteiger partial charge in [-0.05, 0) is 24.1 Å². The molecule has 1 aliphatic heterocycles. The van der Waals surface area contributed by atoms with Gasteiger partial charge in [-0.3, -0.25) is 0 Å². The summed E-state index contributed by atoms with van der Waals surface area (Å²) in [4.78, 5) is 9.25. The average molecular weight is 204 g/mol. The molecule has 0 atom stereocenters. The Balaban J connectivity index is 0.000000195. The van der Waals surface area contributed by atoms with Crippen molar-refractivity contribution in [3.63, 3.8) is 0 Å². The molecule has 0 aromatic heterocycles. The largest absolute Gasteiger partial charge is 0.478 e. The van der Waals surface area contributed by atoms with Gasteiger partial charge in [-0.25, -0.2) is 4.79 Å². The third-order valence-corrected chi connectivity index (χ3v) is 1.78. The molecular formula is C12H12O3. The predicted molar refractivity (Wildman–Crippen MR) is 57.7 cm³/mol. The molecule has 0 radical (unpaired) electrons. The molecule has 1 heterocycles. The monoisotopic (exact) mass is 204 g/mol. The maximum absolute atomic E-state index is 9.25. The van der Waals surface area contributed by atoms with Crippen molar-refractivity contribution in [2.75, 3.05) is 0 Å². The van der Waals surface area contributed by atoms with Crippen LogP contribution < -0.4 is 4.74 Å². The third-order valence-electron chi connectivity index (χ3n) is 1.78. The first-order chi connectivity index (χ1) is 7.24. The first-order valence-electron chi connectivity index (χ1n) is 4.49. The van der Waals surface area contributed by atoms with Crippen LogP contribution in [-0.4, -0.2) is 11.1 Å². The fraction of sp³-hybridized carbons (Fsp3) is 0.0833. The number of para-hydroxylation sites is 1. The summed E-state index contributed by atoms with van der Waals surface area (Å²) in [6.45, 7) is 2.96. The van der Waals surface area contributed by atoms with E-state index < -0.39 is 5.97 Å². The summed E-state index contributed by atoms with van der Waals surface area (Å²) in [5.74, 6) is 0.00926. The Morgan fingerprint density at radius 3 is 2.73 bits per heavy atom. The summed E-state index contributed by atoms with van der Waals surface area (Å²) < 4.78 is 5.24. The van der Waals surface area contributed by atoms with Crippen molar-refractivity contribution in [3.8, 4) is 5.75 Å². The van der Waals surface area contributed by atoms with Crippen LogP contribution in [0.25, 0.3) is 0 Å². The second-order valence-electron chi connectivity index (χ2n) is 2.84. The van der Waals surface area contributed by atoms with Crippen LogP contribution in [0.2, 0.25) is 0 Å². The number of aliphatic carboxylic acids is 1. The number of rotatable bonds is 1. The molecule has 2 rings (SSSR count). The van der Waals surface area contributed by atoms with Gasteiger partial charge in [0.15, 0.2) is 0 Å². The number of hydrogen-bond donors (Lipinski definition) is 1.